The van der Waals surface area contributed by atoms with Crippen molar-refractivity contribution >= 4 is 45.1 Å². The van der Waals surface area contributed by atoms with Crippen molar-refractivity contribution in [3.63, 3.8) is 0 Å². The molecule has 0 aromatic heterocycles. The fourth-order valence-corrected chi connectivity index (χ4v) is 4.52. The molecule has 2 rings (SSSR count). The first-order chi connectivity index (χ1) is 13.5. The zero-order valence-electron chi connectivity index (χ0n) is 16.4. The summed E-state index contributed by atoms with van der Waals surface area (Å²) >= 11 is 0. The molecule has 3 N–H and O–H groups in total. The fourth-order valence-electron chi connectivity index (χ4n) is 2.70. The Morgan fingerprint density at radius 2 is 1.61 bits per heavy atom. The van der Waals surface area contributed by atoms with Crippen molar-refractivity contribution in [2.45, 2.75) is 0 Å². The maximum absolute atomic E-state index is 12.3. The molecular weight excluding hydrogens is 398 g/mol. The number of amides is 3. The maximum atomic E-state index is 12.3. The van der Waals surface area contributed by atoms with Crippen LogP contribution in [-0.2, 0) is 0 Å². The highest BCUT2D eigenvalue weighted by Crippen LogP contribution is 2.22. The molecule has 3 amide bonds. The van der Waals surface area contributed by atoms with Gasteiger partial charge in [-0.2, -0.15) is 0 Å². The lowest BCUT2D eigenvalue weighted by atomic mass is 10.2. The van der Waals surface area contributed by atoms with Crippen LogP contribution in [0.15, 0.2) is 24.3 Å². The van der Waals surface area contributed by atoms with Gasteiger partial charge in [0.1, 0.15) is 0 Å². The molecule has 1 heterocycles. The number of likely N-dealkylation sites (N-methyl/N-ethyl adjacent to an activating group) is 1. The molecule has 10 heteroatoms. The number of anilines is 2. The van der Waals surface area contributed by atoms with Gasteiger partial charge in [-0.15, -0.1) is 0 Å². The molecule has 8 nitrogen and oxygen atoms in total. The third-order valence-corrected chi connectivity index (χ3v) is 6.82. The van der Waals surface area contributed by atoms with Gasteiger partial charge in [-0.3, -0.25) is 4.90 Å². The van der Waals surface area contributed by atoms with Crippen molar-refractivity contribution in [2.24, 2.45) is 0 Å². The number of carboxylic acid groups (broad SMARTS) is 1. The van der Waals surface area contributed by atoms with Crippen molar-refractivity contribution < 1.29 is 14.7 Å². The molecule has 0 atom stereocenters. The van der Waals surface area contributed by atoms with Gasteiger partial charge in [-0.1, -0.05) is 21.6 Å². The number of benzene rings is 1. The topological polar surface area (TPSA) is 88.2 Å². The summed E-state index contributed by atoms with van der Waals surface area (Å²) in [5.74, 6) is 1.46. The molecule has 1 fully saturated rings. The number of hydrogen-bond acceptors (Lipinski definition) is 6. The van der Waals surface area contributed by atoms with Gasteiger partial charge in [-0.25, -0.2) is 9.59 Å². The van der Waals surface area contributed by atoms with Crippen LogP contribution < -0.4 is 20.4 Å². The number of carbonyl (C=O) groups is 2. The lowest BCUT2D eigenvalue weighted by molar-refractivity contribution is 0.195. The van der Waals surface area contributed by atoms with Crippen LogP contribution in [0, 0.1) is 0 Å². The molecule has 1 aromatic rings. The lowest BCUT2D eigenvalue weighted by Crippen LogP contribution is -2.44. The number of piperazine rings is 1. The van der Waals surface area contributed by atoms with Gasteiger partial charge in [0.2, 0.25) is 0 Å². The van der Waals surface area contributed by atoms with Gasteiger partial charge in [0.15, 0.2) is 0 Å². The third-order valence-electron chi connectivity index (χ3n) is 4.42. The van der Waals surface area contributed by atoms with E-state index in [1.165, 1.54) is 5.69 Å². The summed E-state index contributed by atoms with van der Waals surface area (Å²) in [6.07, 6.45) is -1.00. The van der Waals surface area contributed by atoms with Crippen LogP contribution in [0.25, 0.3) is 0 Å². The first kappa shape index (κ1) is 22.5. The summed E-state index contributed by atoms with van der Waals surface area (Å²) in [6, 6.07) is 7.97. The zero-order chi connectivity index (χ0) is 20.4. The predicted octanol–water partition coefficient (Wildman–Crippen LogP) is 2.23. The SMILES string of the molecule is CN1CCN(c2ccc(N(C)C(=O)NCCSSCCNC(=O)O)cc2)CC1. The van der Waals surface area contributed by atoms with E-state index in [9.17, 15) is 9.59 Å². The zero-order valence-corrected chi connectivity index (χ0v) is 18.0. The summed E-state index contributed by atoms with van der Waals surface area (Å²) in [6.45, 7) is 5.16. The maximum Gasteiger partial charge on any atom is 0.404 e. The highest BCUT2D eigenvalue weighted by atomic mass is 33.1. The van der Waals surface area contributed by atoms with E-state index in [0.29, 0.717) is 18.8 Å². The van der Waals surface area contributed by atoms with Gasteiger partial charge in [0.25, 0.3) is 0 Å². The van der Waals surface area contributed by atoms with Crippen LogP contribution in [0.5, 0.6) is 0 Å². The first-order valence-electron chi connectivity index (χ1n) is 9.23. The third kappa shape index (κ3) is 7.69. The van der Waals surface area contributed by atoms with E-state index in [0.717, 1.165) is 37.6 Å². The number of hydrogen-bond donors (Lipinski definition) is 3. The van der Waals surface area contributed by atoms with E-state index in [1.807, 2.05) is 12.1 Å². The molecule has 28 heavy (non-hydrogen) atoms. The molecular formula is C18H29N5O3S2. The Kier molecular flexibility index (Phi) is 9.59. The highest BCUT2D eigenvalue weighted by molar-refractivity contribution is 8.76. The Balaban J connectivity index is 1.66. The molecule has 1 saturated heterocycles. The summed E-state index contributed by atoms with van der Waals surface area (Å²) in [7, 11) is 7.10. The molecule has 0 spiro atoms. The van der Waals surface area contributed by atoms with Crippen LogP contribution in [0.4, 0.5) is 21.0 Å². The summed E-state index contributed by atoms with van der Waals surface area (Å²) < 4.78 is 0. The van der Waals surface area contributed by atoms with Gasteiger partial charge >= 0.3 is 12.1 Å². The second-order valence-corrected chi connectivity index (χ2v) is 9.18. The van der Waals surface area contributed by atoms with Crippen molar-refractivity contribution in [3.8, 4) is 0 Å². The Morgan fingerprint density at radius 1 is 1.04 bits per heavy atom. The van der Waals surface area contributed by atoms with Crippen molar-refractivity contribution in [1.29, 1.82) is 0 Å². The minimum atomic E-state index is -1.00. The number of rotatable bonds is 9. The molecule has 0 bridgehead atoms. The molecule has 0 saturated carbocycles. The highest BCUT2D eigenvalue weighted by Gasteiger charge is 2.15. The van der Waals surface area contributed by atoms with E-state index in [4.69, 9.17) is 5.11 Å². The molecule has 156 valence electrons. The quantitative estimate of drug-likeness (QED) is 0.411. The largest absolute Gasteiger partial charge is 0.465 e. The summed E-state index contributed by atoms with van der Waals surface area (Å²) in [5.41, 5.74) is 2.05. The fraction of sp³-hybridized carbons (Fsp3) is 0.556. The van der Waals surface area contributed by atoms with Crippen LogP contribution >= 0.6 is 21.6 Å². The molecule has 0 aliphatic carbocycles. The predicted molar refractivity (Wildman–Crippen MR) is 119 cm³/mol. The average Bonchev–Trinajstić information content (AvgIpc) is 2.69. The van der Waals surface area contributed by atoms with Crippen LogP contribution in [0.1, 0.15) is 0 Å². The number of nitrogens with zero attached hydrogens (tertiary/aromatic N) is 3. The van der Waals surface area contributed by atoms with E-state index < -0.39 is 6.09 Å². The summed E-state index contributed by atoms with van der Waals surface area (Å²) in [5, 5.41) is 13.7. The lowest BCUT2D eigenvalue weighted by Gasteiger charge is -2.34. The van der Waals surface area contributed by atoms with E-state index in [-0.39, 0.29) is 6.03 Å². The standard InChI is InChI=1S/C18H29N5O3S2/c1-21-9-11-23(12-10-21)16-5-3-15(4-6-16)22(2)17(24)19-7-13-27-28-14-8-20-18(25)26/h3-6,20H,7-14H2,1-2H3,(H,19,24)(H,25,26). The molecule has 0 radical (unpaired) electrons. The normalized spacial score (nSPS) is 14.6. The summed E-state index contributed by atoms with van der Waals surface area (Å²) in [4.78, 5) is 28.9. The second-order valence-electron chi connectivity index (χ2n) is 6.47. The molecule has 1 aliphatic rings. The van der Waals surface area contributed by atoms with E-state index in [2.05, 4.69) is 39.6 Å². The Hall–Kier alpha value is -1.78. The van der Waals surface area contributed by atoms with Crippen LogP contribution in [-0.4, -0.2) is 87.0 Å². The van der Waals surface area contributed by atoms with Crippen molar-refractivity contribution in [1.82, 2.24) is 15.5 Å². The van der Waals surface area contributed by atoms with Gasteiger partial charge in [-0.05, 0) is 31.3 Å². The van der Waals surface area contributed by atoms with Crippen molar-refractivity contribution in [2.75, 3.05) is 74.7 Å². The number of nitrogens with one attached hydrogen (secondary N) is 2. The smallest absolute Gasteiger partial charge is 0.404 e. The van der Waals surface area contributed by atoms with Crippen molar-refractivity contribution in [3.05, 3.63) is 24.3 Å². The Morgan fingerprint density at radius 3 is 2.18 bits per heavy atom. The second kappa shape index (κ2) is 11.9. The Labute approximate surface area is 174 Å². The minimum absolute atomic E-state index is 0.134. The molecule has 0 unspecified atom stereocenters. The van der Waals surface area contributed by atoms with E-state index in [1.54, 1.807) is 33.5 Å². The number of carbonyl (C=O) groups excluding carboxylic acids is 1. The minimum Gasteiger partial charge on any atom is -0.465 e. The molecule has 1 aliphatic heterocycles. The monoisotopic (exact) mass is 427 g/mol. The van der Waals surface area contributed by atoms with Crippen LogP contribution in [0.3, 0.4) is 0 Å². The Bertz CT molecular complexity index is 624. The van der Waals surface area contributed by atoms with Gasteiger partial charge in [0.05, 0.1) is 0 Å². The average molecular weight is 428 g/mol. The first-order valence-corrected chi connectivity index (χ1v) is 11.7. The van der Waals surface area contributed by atoms with E-state index >= 15 is 0 Å². The number of urea groups is 1. The van der Waals surface area contributed by atoms with Crippen LogP contribution in [0.2, 0.25) is 0 Å². The molecule has 1 aromatic carbocycles. The van der Waals surface area contributed by atoms with Gasteiger partial charge in [0, 0.05) is 69.2 Å². The van der Waals surface area contributed by atoms with Gasteiger partial charge < -0.3 is 25.5 Å².